The maximum atomic E-state index is 11.8. The average Bonchev–Trinajstić information content (AvgIpc) is 2.37. The van der Waals surface area contributed by atoms with Crippen LogP contribution in [-0.4, -0.2) is 6.03 Å². The molecule has 2 N–H and O–H groups in total. The number of urea groups is 1. The summed E-state index contributed by atoms with van der Waals surface area (Å²) in [4.78, 5) is 11.8. The van der Waals surface area contributed by atoms with Gasteiger partial charge in [0.15, 0.2) is 0 Å². The summed E-state index contributed by atoms with van der Waals surface area (Å²) < 4.78 is 0. The average molecular weight is 290 g/mol. The van der Waals surface area contributed by atoms with Crippen LogP contribution in [0.25, 0.3) is 0 Å². The van der Waals surface area contributed by atoms with Gasteiger partial charge in [-0.2, -0.15) is 5.26 Å². The van der Waals surface area contributed by atoms with Crippen LogP contribution in [0.5, 0.6) is 0 Å². The summed E-state index contributed by atoms with van der Waals surface area (Å²) in [6.07, 6.45) is 0. The molecule has 1 aliphatic heterocycles. The van der Waals surface area contributed by atoms with Crippen LogP contribution in [0.1, 0.15) is 32.4 Å². The molecular formula is C15H16ClN3O. The molecule has 0 spiro atoms. The number of hydrogen-bond donors (Lipinski definition) is 2. The minimum atomic E-state index is -0.444. The van der Waals surface area contributed by atoms with E-state index in [2.05, 4.69) is 16.7 Å². The van der Waals surface area contributed by atoms with Gasteiger partial charge in [-0.1, -0.05) is 44.5 Å². The number of nitrogens with one attached hydrogen (secondary N) is 2. The fourth-order valence-electron chi connectivity index (χ4n) is 2.18. The van der Waals surface area contributed by atoms with Crippen molar-refractivity contribution in [3.63, 3.8) is 0 Å². The molecule has 0 radical (unpaired) electrons. The Balaban J connectivity index is 2.54. The van der Waals surface area contributed by atoms with Gasteiger partial charge in [-0.3, -0.25) is 0 Å². The molecule has 1 aromatic rings. The highest BCUT2D eigenvalue weighted by molar-refractivity contribution is 6.30. The fraction of sp³-hybridized carbons (Fsp3) is 0.333. The molecule has 2 amide bonds. The number of halogens is 1. The molecule has 1 aromatic carbocycles. The number of carbonyl (C=O) groups is 1. The standard InChI is InChI=1S/C15H16ClN3O/c1-15(2,3)13-11(8-17)12(18-14(20)19-13)9-4-6-10(16)7-5-9/h4-7,12H,1-3H3,(H2,18,19,20)/t12-/m1/s1. The Kier molecular flexibility index (Phi) is 3.74. The highest BCUT2D eigenvalue weighted by Crippen LogP contribution is 2.34. The van der Waals surface area contributed by atoms with E-state index in [-0.39, 0.29) is 11.4 Å². The van der Waals surface area contributed by atoms with Crippen LogP contribution in [-0.2, 0) is 0 Å². The number of carbonyl (C=O) groups excluding carboxylic acids is 1. The number of nitrogens with zero attached hydrogens (tertiary/aromatic N) is 1. The van der Waals surface area contributed by atoms with Crippen LogP contribution in [0.3, 0.4) is 0 Å². The maximum Gasteiger partial charge on any atom is 0.319 e. The third-order valence-corrected chi connectivity index (χ3v) is 3.40. The van der Waals surface area contributed by atoms with Gasteiger partial charge in [0, 0.05) is 16.1 Å². The third kappa shape index (κ3) is 2.78. The van der Waals surface area contributed by atoms with Crippen molar-refractivity contribution < 1.29 is 4.79 Å². The van der Waals surface area contributed by atoms with Crippen LogP contribution in [0.2, 0.25) is 5.02 Å². The third-order valence-electron chi connectivity index (χ3n) is 3.15. The largest absolute Gasteiger partial charge is 0.326 e. The number of rotatable bonds is 1. The smallest absolute Gasteiger partial charge is 0.319 e. The zero-order valence-electron chi connectivity index (χ0n) is 11.6. The van der Waals surface area contributed by atoms with Gasteiger partial charge in [0.1, 0.15) is 0 Å². The lowest BCUT2D eigenvalue weighted by Gasteiger charge is -2.33. The SMILES string of the molecule is CC(C)(C)C1=C(C#N)[C@@H](c2ccc(Cl)cc2)NC(=O)N1. The summed E-state index contributed by atoms with van der Waals surface area (Å²) in [5.74, 6) is 0. The fourth-order valence-corrected chi connectivity index (χ4v) is 2.31. The summed E-state index contributed by atoms with van der Waals surface area (Å²) in [5.41, 5.74) is 1.71. The molecule has 4 nitrogen and oxygen atoms in total. The van der Waals surface area contributed by atoms with Gasteiger partial charge in [-0.05, 0) is 17.7 Å². The molecule has 1 heterocycles. The van der Waals surface area contributed by atoms with E-state index in [0.717, 1.165) is 5.56 Å². The molecule has 2 rings (SSSR count). The number of benzene rings is 1. The van der Waals surface area contributed by atoms with Crippen LogP contribution in [0, 0.1) is 16.7 Å². The molecule has 5 heteroatoms. The molecule has 20 heavy (non-hydrogen) atoms. The van der Waals surface area contributed by atoms with Gasteiger partial charge < -0.3 is 10.6 Å². The van der Waals surface area contributed by atoms with Crippen molar-refractivity contribution >= 4 is 17.6 Å². The quantitative estimate of drug-likeness (QED) is 0.831. The minimum Gasteiger partial charge on any atom is -0.326 e. The highest BCUT2D eigenvalue weighted by atomic mass is 35.5. The van der Waals surface area contributed by atoms with E-state index in [1.807, 2.05) is 32.9 Å². The van der Waals surface area contributed by atoms with E-state index in [1.165, 1.54) is 0 Å². The maximum absolute atomic E-state index is 11.8. The summed E-state index contributed by atoms with van der Waals surface area (Å²) in [5, 5.41) is 15.6. The summed E-state index contributed by atoms with van der Waals surface area (Å²) >= 11 is 5.87. The molecule has 0 bridgehead atoms. The number of allylic oxidation sites excluding steroid dienone is 1. The van der Waals surface area contributed by atoms with Crippen LogP contribution < -0.4 is 10.6 Å². The van der Waals surface area contributed by atoms with E-state index in [0.29, 0.717) is 16.3 Å². The highest BCUT2D eigenvalue weighted by Gasteiger charge is 2.33. The minimum absolute atomic E-state index is 0.297. The Bertz CT molecular complexity index is 605. The van der Waals surface area contributed by atoms with Crippen LogP contribution >= 0.6 is 11.6 Å². The molecule has 0 fully saturated rings. The molecule has 104 valence electrons. The van der Waals surface area contributed by atoms with Crippen LogP contribution in [0.4, 0.5) is 4.79 Å². The lowest BCUT2D eigenvalue weighted by Crippen LogP contribution is -2.46. The lowest BCUT2D eigenvalue weighted by atomic mass is 9.84. The summed E-state index contributed by atoms with van der Waals surface area (Å²) in [6.45, 7) is 5.89. The first-order valence-electron chi connectivity index (χ1n) is 6.30. The van der Waals surface area contributed by atoms with Crippen molar-refractivity contribution in [2.24, 2.45) is 5.41 Å². The van der Waals surface area contributed by atoms with E-state index in [1.54, 1.807) is 12.1 Å². The summed E-state index contributed by atoms with van der Waals surface area (Å²) in [7, 11) is 0. The second kappa shape index (κ2) is 5.18. The Morgan fingerprint density at radius 1 is 1.25 bits per heavy atom. The molecule has 0 saturated carbocycles. The van der Waals surface area contributed by atoms with E-state index >= 15 is 0 Å². The predicted molar refractivity (Wildman–Crippen MR) is 78.0 cm³/mol. The number of amides is 2. The Morgan fingerprint density at radius 2 is 1.85 bits per heavy atom. The summed E-state index contributed by atoms with van der Waals surface area (Å²) in [6, 6.07) is 8.60. The van der Waals surface area contributed by atoms with Gasteiger partial charge in [-0.15, -0.1) is 0 Å². The van der Waals surface area contributed by atoms with E-state index < -0.39 is 6.04 Å². The van der Waals surface area contributed by atoms with Crippen molar-refractivity contribution in [3.8, 4) is 6.07 Å². The van der Waals surface area contributed by atoms with Gasteiger partial charge in [0.25, 0.3) is 0 Å². The number of nitriles is 1. The normalized spacial score (nSPS) is 19.1. The number of hydrogen-bond acceptors (Lipinski definition) is 2. The first-order valence-corrected chi connectivity index (χ1v) is 6.68. The van der Waals surface area contributed by atoms with Crippen molar-refractivity contribution in [3.05, 3.63) is 46.1 Å². The molecular weight excluding hydrogens is 274 g/mol. The lowest BCUT2D eigenvalue weighted by molar-refractivity contribution is 0.235. The van der Waals surface area contributed by atoms with Crippen molar-refractivity contribution in [1.29, 1.82) is 5.26 Å². The monoisotopic (exact) mass is 289 g/mol. The van der Waals surface area contributed by atoms with Gasteiger partial charge in [0.05, 0.1) is 17.7 Å². The van der Waals surface area contributed by atoms with Crippen molar-refractivity contribution in [2.45, 2.75) is 26.8 Å². The Labute approximate surface area is 123 Å². The Morgan fingerprint density at radius 3 is 2.35 bits per heavy atom. The molecule has 0 unspecified atom stereocenters. The zero-order chi connectivity index (χ0) is 14.9. The van der Waals surface area contributed by atoms with Gasteiger partial charge >= 0.3 is 6.03 Å². The molecule has 1 aliphatic rings. The Hall–Kier alpha value is -1.99. The van der Waals surface area contributed by atoms with E-state index in [9.17, 15) is 10.1 Å². The van der Waals surface area contributed by atoms with Gasteiger partial charge in [0.2, 0.25) is 0 Å². The molecule has 1 atom stereocenters. The van der Waals surface area contributed by atoms with E-state index in [4.69, 9.17) is 11.6 Å². The zero-order valence-corrected chi connectivity index (χ0v) is 12.4. The second-order valence-corrected chi connectivity index (χ2v) is 6.17. The first kappa shape index (κ1) is 14.4. The molecule has 0 aromatic heterocycles. The van der Waals surface area contributed by atoms with Crippen molar-refractivity contribution in [1.82, 2.24) is 10.6 Å². The van der Waals surface area contributed by atoms with Crippen molar-refractivity contribution in [2.75, 3.05) is 0 Å². The first-order chi connectivity index (χ1) is 9.32. The molecule has 0 aliphatic carbocycles. The van der Waals surface area contributed by atoms with Crippen LogP contribution in [0.15, 0.2) is 35.5 Å². The predicted octanol–water partition coefficient (Wildman–Crippen LogP) is 3.52. The molecule has 0 saturated heterocycles. The van der Waals surface area contributed by atoms with Gasteiger partial charge in [-0.25, -0.2) is 4.79 Å². The second-order valence-electron chi connectivity index (χ2n) is 5.73. The topological polar surface area (TPSA) is 64.9 Å².